The lowest BCUT2D eigenvalue weighted by molar-refractivity contribution is 0.494. The molecule has 0 unspecified atom stereocenters. The highest BCUT2D eigenvalue weighted by molar-refractivity contribution is 7.92. The Labute approximate surface area is 110 Å². The molecule has 2 aromatic heterocycles. The van der Waals surface area contributed by atoms with Gasteiger partial charge in [-0.2, -0.15) is 5.10 Å². The molecule has 0 aliphatic carbocycles. The maximum absolute atomic E-state index is 12.3. The Morgan fingerprint density at radius 3 is 2.63 bits per heavy atom. The molecule has 2 heterocycles. The van der Waals surface area contributed by atoms with E-state index in [2.05, 4.69) is 19.9 Å². The zero-order valence-corrected chi connectivity index (χ0v) is 11.2. The number of aromatic nitrogens is 3. The summed E-state index contributed by atoms with van der Waals surface area (Å²) in [6.07, 6.45) is 2.68. The summed E-state index contributed by atoms with van der Waals surface area (Å²) in [4.78, 5) is 3.78. The molecule has 0 spiro atoms. The molecule has 2 aromatic rings. The topological polar surface area (TPSA) is 124 Å². The highest BCUT2D eigenvalue weighted by Crippen LogP contribution is 2.27. The van der Waals surface area contributed by atoms with Gasteiger partial charge >= 0.3 is 0 Å². The summed E-state index contributed by atoms with van der Waals surface area (Å²) < 4.78 is 32.1. The van der Waals surface area contributed by atoms with E-state index in [4.69, 9.17) is 10.2 Å². The fourth-order valence-electron chi connectivity index (χ4n) is 1.76. The number of aryl methyl sites for hydroxylation is 2. The number of nitrogens with one attached hydrogen (secondary N) is 1. The molecular formula is C10H13N5O3S. The predicted molar refractivity (Wildman–Crippen MR) is 66.7 cm³/mol. The lowest BCUT2D eigenvalue weighted by Crippen LogP contribution is -2.18. The Morgan fingerprint density at radius 1 is 1.32 bits per heavy atom. The van der Waals surface area contributed by atoms with Crippen molar-refractivity contribution >= 4 is 16.0 Å². The van der Waals surface area contributed by atoms with Gasteiger partial charge in [0, 0.05) is 12.1 Å². The van der Waals surface area contributed by atoms with Crippen molar-refractivity contribution in [1.82, 2.24) is 15.2 Å². The second-order valence-corrected chi connectivity index (χ2v) is 5.42. The summed E-state index contributed by atoms with van der Waals surface area (Å²) in [7, 11) is -3.85. The molecule has 19 heavy (non-hydrogen) atoms. The third-order valence-electron chi connectivity index (χ3n) is 2.51. The van der Waals surface area contributed by atoms with Crippen LogP contribution in [0.5, 0.6) is 0 Å². The molecule has 0 aromatic carbocycles. The van der Waals surface area contributed by atoms with E-state index in [-0.39, 0.29) is 23.1 Å². The van der Waals surface area contributed by atoms with Gasteiger partial charge in [0.15, 0.2) is 0 Å². The number of rotatable bonds is 4. The van der Waals surface area contributed by atoms with E-state index >= 15 is 0 Å². The molecule has 0 amide bonds. The van der Waals surface area contributed by atoms with E-state index in [1.54, 1.807) is 13.8 Å². The number of anilines is 1. The first-order valence-electron chi connectivity index (χ1n) is 5.41. The van der Waals surface area contributed by atoms with E-state index in [9.17, 15) is 8.42 Å². The third-order valence-corrected chi connectivity index (χ3v) is 4.03. The average Bonchev–Trinajstić information content (AvgIpc) is 2.64. The lowest BCUT2D eigenvalue weighted by atomic mass is 10.2. The number of furan rings is 1. The van der Waals surface area contributed by atoms with Crippen molar-refractivity contribution in [2.24, 2.45) is 5.73 Å². The molecule has 0 saturated carbocycles. The molecule has 0 aliphatic rings. The van der Waals surface area contributed by atoms with Crippen LogP contribution in [0.15, 0.2) is 21.7 Å². The van der Waals surface area contributed by atoms with Crippen LogP contribution in [0.2, 0.25) is 0 Å². The summed E-state index contributed by atoms with van der Waals surface area (Å²) in [5, 5.41) is 7.11. The van der Waals surface area contributed by atoms with Crippen LogP contribution in [0.4, 0.5) is 5.95 Å². The van der Waals surface area contributed by atoms with Crippen LogP contribution in [-0.2, 0) is 16.6 Å². The smallest absolute Gasteiger partial charge is 0.268 e. The second kappa shape index (κ2) is 4.94. The van der Waals surface area contributed by atoms with Crippen molar-refractivity contribution in [1.29, 1.82) is 0 Å². The molecule has 9 heteroatoms. The summed E-state index contributed by atoms with van der Waals surface area (Å²) in [5.41, 5.74) is 6.00. The van der Waals surface area contributed by atoms with E-state index in [1.165, 1.54) is 12.4 Å². The van der Waals surface area contributed by atoms with Gasteiger partial charge < -0.3 is 10.2 Å². The van der Waals surface area contributed by atoms with Crippen molar-refractivity contribution in [2.45, 2.75) is 25.3 Å². The van der Waals surface area contributed by atoms with Crippen LogP contribution in [0, 0.1) is 13.8 Å². The van der Waals surface area contributed by atoms with Gasteiger partial charge in [0.2, 0.25) is 0 Å². The molecule has 3 N–H and O–H groups in total. The first-order chi connectivity index (χ1) is 8.95. The maximum atomic E-state index is 12.3. The monoisotopic (exact) mass is 283 g/mol. The summed E-state index contributed by atoms with van der Waals surface area (Å²) in [6, 6.07) is 0. The highest BCUT2D eigenvalue weighted by Gasteiger charge is 2.26. The molecule has 2 rings (SSSR count). The van der Waals surface area contributed by atoms with Gasteiger partial charge in [0.1, 0.15) is 16.4 Å². The van der Waals surface area contributed by atoms with Gasteiger partial charge in [-0.1, -0.05) is 0 Å². The standard InChI is InChI=1S/C10H13N5O3S/c1-6-8(5-11)9(7(2)18-6)19(16,17)15-10-12-3-4-13-14-10/h3-4H,5,11H2,1-2H3,(H,12,14,15). The molecular weight excluding hydrogens is 270 g/mol. The Bertz CT molecular complexity index is 681. The zero-order valence-electron chi connectivity index (χ0n) is 10.4. The van der Waals surface area contributed by atoms with E-state index in [0.29, 0.717) is 11.3 Å². The van der Waals surface area contributed by atoms with Gasteiger partial charge in [-0.3, -0.25) is 0 Å². The predicted octanol–water partition coefficient (Wildman–Crippen LogP) is 0.341. The number of hydrogen-bond donors (Lipinski definition) is 2. The first kappa shape index (κ1) is 13.4. The van der Waals surface area contributed by atoms with Gasteiger partial charge in [-0.15, -0.1) is 5.10 Å². The normalized spacial score (nSPS) is 11.5. The third kappa shape index (κ3) is 2.56. The van der Waals surface area contributed by atoms with Crippen molar-refractivity contribution in [3.63, 3.8) is 0 Å². The first-order valence-corrected chi connectivity index (χ1v) is 6.89. The molecule has 102 valence electrons. The minimum Gasteiger partial charge on any atom is -0.465 e. The van der Waals surface area contributed by atoms with Crippen molar-refractivity contribution < 1.29 is 12.8 Å². The number of hydrogen-bond acceptors (Lipinski definition) is 7. The van der Waals surface area contributed by atoms with Crippen molar-refractivity contribution in [3.8, 4) is 0 Å². The molecule has 0 saturated heterocycles. The van der Waals surface area contributed by atoms with Crippen molar-refractivity contribution in [2.75, 3.05) is 4.72 Å². The highest BCUT2D eigenvalue weighted by atomic mass is 32.2. The fourth-order valence-corrected chi connectivity index (χ4v) is 3.17. The van der Waals surface area contributed by atoms with E-state index < -0.39 is 10.0 Å². The van der Waals surface area contributed by atoms with Crippen LogP contribution < -0.4 is 10.5 Å². The summed E-state index contributed by atoms with van der Waals surface area (Å²) in [6.45, 7) is 3.28. The minimum atomic E-state index is -3.85. The number of nitrogens with zero attached hydrogens (tertiary/aromatic N) is 3. The SMILES string of the molecule is Cc1oc(C)c(S(=O)(=O)Nc2nccnn2)c1CN. The van der Waals surface area contributed by atoms with Gasteiger partial charge in [-0.25, -0.2) is 18.1 Å². The van der Waals surface area contributed by atoms with Crippen LogP contribution in [-0.4, -0.2) is 23.6 Å². The fraction of sp³-hybridized carbons (Fsp3) is 0.300. The van der Waals surface area contributed by atoms with Crippen LogP contribution in [0.3, 0.4) is 0 Å². The van der Waals surface area contributed by atoms with Crippen LogP contribution in [0.25, 0.3) is 0 Å². The molecule has 0 radical (unpaired) electrons. The molecule has 0 bridgehead atoms. The average molecular weight is 283 g/mol. The van der Waals surface area contributed by atoms with Crippen molar-refractivity contribution in [3.05, 3.63) is 29.5 Å². The van der Waals surface area contributed by atoms with Crippen LogP contribution >= 0.6 is 0 Å². The zero-order chi connectivity index (χ0) is 14.0. The lowest BCUT2D eigenvalue weighted by Gasteiger charge is -2.06. The van der Waals surface area contributed by atoms with Crippen LogP contribution in [0.1, 0.15) is 17.1 Å². The van der Waals surface area contributed by atoms with Gasteiger partial charge in [-0.05, 0) is 13.8 Å². The Balaban J connectivity index is 2.46. The summed E-state index contributed by atoms with van der Waals surface area (Å²) >= 11 is 0. The minimum absolute atomic E-state index is 0.0277. The quantitative estimate of drug-likeness (QED) is 0.829. The second-order valence-electron chi connectivity index (χ2n) is 3.80. The van der Waals surface area contributed by atoms with Gasteiger partial charge in [0.25, 0.3) is 16.0 Å². The Kier molecular flexibility index (Phi) is 3.49. The Morgan fingerprint density at radius 2 is 2.05 bits per heavy atom. The molecule has 8 nitrogen and oxygen atoms in total. The van der Waals surface area contributed by atoms with Gasteiger partial charge in [0.05, 0.1) is 12.4 Å². The number of nitrogens with two attached hydrogens (primary N) is 1. The number of sulfonamides is 1. The van der Waals surface area contributed by atoms with E-state index in [1.807, 2.05) is 0 Å². The van der Waals surface area contributed by atoms with E-state index in [0.717, 1.165) is 0 Å². The summed E-state index contributed by atoms with van der Waals surface area (Å²) in [5.74, 6) is 0.644. The maximum Gasteiger partial charge on any atom is 0.268 e. The molecule has 0 aliphatic heterocycles. The molecule has 0 atom stereocenters. The molecule has 0 fully saturated rings. The largest absolute Gasteiger partial charge is 0.465 e. The Hall–Kier alpha value is -2.00.